The van der Waals surface area contributed by atoms with Gasteiger partial charge in [-0.1, -0.05) is 5.21 Å². The van der Waals surface area contributed by atoms with Crippen molar-refractivity contribution in [3.8, 4) is 17.4 Å². The SMILES string of the molecule is COc1ccc(Oc2cnnn2C)c(C(=O)O)c1. The molecule has 0 spiro atoms. The number of aromatic carboxylic acids is 1. The van der Waals surface area contributed by atoms with Crippen molar-refractivity contribution in [1.82, 2.24) is 15.0 Å². The number of aryl methyl sites for hydroxylation is 1. The summed E-state index contributed by atoms with van der Waals surface area (Å²) in [4.78, 5) is 11.1. The van der Waals surface area contributed by atoms with E-state index in [1.807, 2.05) is 0 Å². The predicted molar refractivity (Wildman–Crippen MR) is 61.0 cm³/mol. The number of methoxy groups -OCH3 is 1. The molecule has 0 saturated carbocycles. The standard InChI is InChI=1S/C11H11N3O4/c1-14-10(6-12-13-14)18-9-4-3-7(17-2)5-8(9)11(15)16/h3-6H,1-2H3,(H,15,16). The third kappa shape index (κ3) is 2.24. The zero-order valence-corrected chi connectivity index (χ0v) is 9.82. The van der Waals surface area contributed by atoms with E-state index < -0.39 is 5.97 Å². The highest BCUT2D eigenvalue weighted by atomic mass is 16.5. The summed E-state index contributed by atoms with van der Waals surface area (Å²) in [5.74, 6) is -0.0988. The zero-order chi connectivity index (χ0) is 13.1. The molecule has 0 unspecified atom stereocenters. The van der Waals surface area contributed by atoms with Crippen LogP contribution in [0, 0.1) is 0 Å². The molecule has 0 radical (unpaired) electrons. The van der Waals surface area contributed by atoms with E-state index in [0.29, 0.717) is 11.6 Å². The maximum atomic E-state index is 11.1. The van der Waals surface area contributed by atoms with Gasteiger partial charge in [-0.2, -0.15) is 0 Å². The molecule has 0 fully saturated rings. The Morgan fingerprint density at radius 3 is 2.78 bits per heavy atom. The van der Waals surface area contributed by atoms with Crippen molar-refractivity contribution in [2.24, 2.45) is 7.05 Å². The van der Waals surface area contributed by atoms with Crippen LogP contribution in [0.5, 0.6) is 17.4 Å². The quantitative estimate of drug-likeness (QED) is 0.879. The maximum Gasteiger partial charge on any atom is 0.339 e. The molecule has 94 valence electrons. The van der Waals surface area contributed by atoms with E-state index in [-0.39, 0.29) is 11.3 Å². The maximum absolute atomic E-state index is 11.1. The van der Waals surface area contributed by atoms with Crippen molar-refractivity contribution in [2.45, 2.75) is 0 Å². The van der Waals surface area contributed by atoms with Crippen LogP contribution in [0.3, 0.4) is 0 Å². The van der Waals surface area contributed by atoms with Crippen LogP contribution < -0.4 is 9.47 Å². The Hall–Kier alpha value is -2.57. The molecule has 1 aromatic carbocycles. The van der Waals surface area contributed by atoms with Crippen LogP contribution in [0.25, 0.3) is 0 Å². The molecule has 7 heteroatoms. The van der Waals surface area contributed by atoms with Gasteiger partial charge in [0.2, 0.25) is 5.88 Å². The second-order valence-electron chi connectivity index (χ2n) is 3.47. The monoisotopic (exact) mass is 249 g/mol. The van der Waals surface area contributed by atoms with Gasteiger partial charge in [-0.05, 0) is 18.2 Å². The van der Waals surface area contributed by atoms with Gasteiger partial charge in [0.25, 0.3) is 0 Å². The fraction of sp³-hybridized carbons (Fsp3) is 0.182. The van der Waals surface area contributed by atoms with Crippen molar-refractivity contribution in [2.75, 3.05) is 7.11 Å². The van der Waals surface area contributed by atoms with Gasteiger partial charge >= 0.3 is 5.97 Å². The van der Waals surface area contributed by atoms with Crippen molar-refractivity contribution < 1.29 is 19.4 Å². The normalized spacial score (nSPS) is 10.1. The lowest BCUT2D eigenvalue weighted by Gasteiger charge is -2.09. The number of carboxylic acids is 1. The summed E-state index contributed by atoms with van der Waals surface area (Å²) in [5, 5.41) is 16.4. The molecule has 0 amide bonds. The molecular formula is C11H11N3O4. The van der Waals surface area contributed by atoms with Crippen molar-refractivity contribution >= 4 is 5.97 Å². The van der Waals surface area contributed by atoms with Gasteiger partial charge in [-0.15, -0.1) is 5.10 Å². The molecule has 1 heterocycles. The molecule has 0 bridgehead atoms. The molecule has 0 aliphatic heterocycles. The predicted octanol–water partition coefficient (Wildman–Crippen LogP) is 1.31. The largest absolute Gasteiger partial charge is 0.497 e. The van der Waals surface area contributed by atoms with Crippen LogP contribution in [0.2, 0.25) is 0 Å². The van der Waals surface area contributed by atoms with Crippen LogP contribution in [0.1, 0.15) is 10.4 Å². The number of hydrogen-bond donors (Lipinski definition) is 1. The lowest BCUT2D eigenvalue weighted by molar-refractivity contribution is 0.0693. The summed E-state index contributed by atoms with van der Waals surface area (Å²) in [7, 11) is 3.11. The molecule has 18 heavy (non-hydrogen) atoms. The number of nitrogens with zero attached hydrogens (tertiary/aromatic N) is 3. The number of rotatable bonds is 4. The summed E-state index contributed by atoms with van der Waals surface area (Å²) in [5.41, 5.74) is 0.00977. The molecule has 2 aromatic rings. The summed E-state index contributed by atoms with van der Waals surface area (Å²) in [6.07, 6.45) is 1.40. The van der Waals surface area contributed by atoms with Gasteiger partial charge in [0.1, 0.15) is 23.3 Å². The van der Waals surface area contributed by atoms with Gasteiger partial charge in [0.05, 0.1) is 7.11 Å². The number of aromatic nitrogens is 3. The number of carboxylic acid groups (broad SMARTS) is 1. The van der Waals surface area contributed by atoms with Gasteiger partial charge in [0.15, 0.2) is 0 Å². The van der Waals surface area contributed by atoms with E-state index >= 15 is 0 Å². The minimum Gasteiger partial charge on any atom is -0.497 e. The van der Waals surface area contributed by atoms with E-state index in [4.69, 9.17) is 14.6 Å². The van der Waals surface area contributed by atoms with Crippen molar-refractivity contribution in [3.05, 3.63) is 30.0 Å². The van der Waals surface area contributed by atoms with E-state index in [9.17, 15) is 4.79 Å². The average Bonchev–Trinajstić information content (AvgIpc) is 2.75. The van der Waals surface area contributed by atoms with E-state index in [2.05, 4.69) is 10.3 Å². The van der Waals surface area contributed by atoms with Gasteiger partial charge < -0.3 is 14.6 Å². The lowest BCUT2D eigenvalue weighted by Crippen LogP contribution is -2.02. The Morgan fingerprint density at radius 1 is 1.44 bits per heavy atom. The molecule has 0 aliphatic carbocycles. The van der Waals surface area contributed by atoms with Gasteiger partial charge in [-0.3, -0.25) is 0 Å². The Balaban J connectivity index is 2.38. The molecule has 1 N–H and O–H groups in total. The lowest BCUT2D eigenvalue weighted by atomic mass is 10.2. The van der Waals surface area contributed by atoms with Crippen LogP contribution >= 0.6 is 0 Å². The third-order valence-corrected chi connectivity index (χ3v) is 2.30. The third-order valence-electron chi connectivity index (χ3n) is 2.30. The highest BCUT2D eigenvalue weighted by molar-refractivity contribution is 5.91. The highest BCUT2D eigenvalue weighted by Gasteiger charge is 2.14. The second-order valence-corrected chi connectivity index (χ2v) is 3.47. The molecular weight excluding hydrogens is 238 g/mol. The van der Waals surface area contributed by atoms with Crippen LogP contribution in [-0.2, 0) is 7.05 Å². The molecule has 2 rings (SSSR count). The Kier molecular flexibility index (Phi) is 3.13. The zero-order valence-electron chi connectivity index (χ0n) is 9.82. The van der Waals surface area contributed by atoms with Gasteiger partial charge in [-0.25, -0.2) is 9.48 Å². The second kappa shape index (κ2) is 4.74. The van der Waals surface area contributed by atoms with Crippen LogP contribution in [-0.4, -0.2) is 33.2 Å². The van der Waals surface area contributed by atoms with E-state index in [1.165, 1.54) is 30.1 Å². The number of carbonyl (C=O) groups is 1. The highest BCUT2D eigenvalue weighted by Crippen LogP contribution is 2.28. The fourth-order valence-corrected chi connectivity index (χ4v) is 1.38. The van der Waals surface area contributed by atoms with Gasteiger partial charge in [0, 0.05) is 7.05 Å². The van der Waals surface area contributed by atoms with Crippen molar-refractivity contribution in [1.29, 1.82) is 0 Å². The van der Waals surface area contributed by atoms with Crippen LogP contribution in [0.15, 0.2) is 24.4 Å². The fourth-order valence-electron chi connectivity index (χ4n) is 1.38. The summed E-state index contributed by atoms with van der Waals surface area (Å²) in [6.45, 7) is 0. The minimum absolute atomic E-state index is 0.00977. The average molecular weight is 249 g/mol. The molecule has 7 nitrogen and oxygen atoms in total. The molecule has 1 aromatic heterocycles. The topological polar surface area (TPSA) is 86.5 Å². The van der Waals surface area contributed by atoms with Crippen LogP contribution in [0.4, 0.5) is 0 Å². The Bertz CT molecular complexity index is 579. The molecule has 0 atom stereocenters. The first-order valence-electron chi connectivity index (χ1n) is 5.05. The number of hydrogen-bond acceptors (Lipinski definition) is 5. The smallest absolute Gasteiger partial charge is 0.339 e. The van der Waals surface area contributed by atoms with Crippen molar-refractivity contribution in [3.63, 3.8) is 0 Å². The van der Waals surface area contributed by atoms with E-state index in [0.717, 1.165) is 0 Å². The summed E-state index contributed by atoms with van der Waals surface area (Å²) in [6, 6.07) is 4.53. The number of benzene rings is 1. The summed E-state index contributed by atoms with van der Waals surface area (Å²) < 4.78 is 11.8. The Labute approximate surface area is 103 Å². The molecule has 0 aliphatic rings. The Morgan fingerprint density at radius 2 is 2.22 bits per heavy atom. The van der Waals surface area contributed by atoms with E-state index in [1.54, 1.807) is 13.1 Å². The first-order chi connectivity index (χ1) is 8.61. The molecule has 0 saturated heterocycles. The first kappa shape index (κ1) is 11.9. The number of ether oxygens (including phenoxy) is 2. The summed E-state index contributed by atoms with van der Waals surface area (Å²) >= 11 is 0. The minimum atomic E-state index is -1.10. The first-order valence-corrected chi connectivity index (χ1v) is 5.05.